The van der Waals surface area contributed by atoms with E-state index < -0.39 is 6.04 Å². The minimum absolute atomic E-state index is 0.181. The van der Waals surface area contributed by atoms with Crippen LogP contribution in [0.2, 0.25) is 5.02 Å². The summed E-state index contributed by atoms with van der Waals surface area (Å²) in [7, 11) is 1.58. The Balaban J connectivity index is 1.74. The maximum absolute atomic E-state index is 13.4. The Morgan fingerprint density at radius 3 is 2.65 bits per heavy atom. The number of halogens is 1. The van der Waals surface area contributed by atoms with E-state index in [9.17, 15) is 9.59 Å². The molecule has 0 radical (unpaired) electrons. The highest BCUT2D eigenvalue weighted by atomic mass is 35.5. The van der Waals surface area contributed by atoms with Crippen molar-refractivity contribution in [2.45, 2.75) is 33.0 Å². The average Bonchev–Trinajstić information content (AvgIpc) is 3.35. The highest BCUT2D eigenvalue weighted by molar-refractivity contribution is 6.31. The molecule has 34 heavy (non-hydrogen) atoms. The maximum atomic E-state index is 13.4. The minimum Gasteiger partial charge on any atom is -0.497 e. The van der Waals surface area contributed by atoms with Gasteiger partial charge in [-0.2, -0.15) is 0 Å². The second kappa shape index (κ2) is 10.0. The molecule has 2 heterocycles. The molecule has 1 unspecified atom stereocenters. The first-order chi connectivity index (χ1) is 16.4. The molecule has 0 spiro atoms. The standard InChI is InChI=1S/C25H25ClN4O4/c1-4-29-23(28-22-14-17(26)7-12-21(22)24(29)31)16(2)30(15-20-6-5-13-34-20)25(32)27-18-8-10-19(33-3)11-9-18/h5-14,16H,4,15H2,1-3H3,(H,27,32). The summed E-state index contributed by atoms with van der Waals surface area (Å²) < 4.78 is 12.3. The molecule has 0 bridgehead atoms. The van der Waals surface area contributed by atoms with Crippen LogP contribution in [0.3, 0.4) is 0 Å². The molecule has 4 aromatic rings. The lowest BCUT2D eigenvalue weighted by molar-refractivity contribution is 0.178. The van der Waals surface area contributed by atoms with Gasteiger partial charge in [-0.25, -0.2) is 9.78 Å². The molecule has 176 valence electrons. The van der Waals surface area contributed by atoms with Gasteiger partial charge in [-0.1, -0.05) is 11.6 Å². The molecule has 0 saturated heterocycles. The van der Waals surface area contributed by atoms with Gasteiger partial charge in [-0.05, 0) is 68.4 Å². The summed E-state index contributed by atoms with van der Waals surface area (Å²) in [5, 5.41) is 3.87. The molecule has 8 nitrogen and oxygen atoms in total. The lowest BCUT2D eigenvalue weighted by Gasteiger charge is -2.30. The van der Waals surface area contributed by atoms with E-state index >= 15 is 0 Å². The number of methoxy groups -OCH3 is 1. The molecule has 0 aliphatic carbocycles. The van der Waals surface area contributed by atoms with Crippen molar-refractivity contribution >= 4 is 34.2 Å². The van der Waals surface area contributed by atoms with Crippen molar-refractivity contribution in [1.82, 2.24) is 14.5 Å². The lowest BCUT2D eigenvalue weighted by Crippen LogP contribution is -2.39. The topological polar surface area (TPSA) is 89.6 Å². The van der Waals surface area contributed by atoms with E-state index in [0.717, 1.165) is 0 Å². The van der Waals surface area contributed by atoms with Crippen LogP contribution < -0.4 is 15.6 Å². The number of aromatic nitrogens is 2. The minimum atomic E-state index is -0.556. The molecule has 9 heteroatoms. The lowest BCUT2D eigenvalue weighted by atomic mass is 10.2. The highest BCUT2D eigenvalue weighted by Gasteiger charge is 2.27. The van der Waals surface area contributed by atoms with Gasteiger partial charge in [0, 0.05) is 17.3 Å². The Morgan fingerprint density at radius 2 is 2.00 bits per heavy atom. The zero-order chi connectivity index (χ0) is 24.2. The van der Waals surface area contributed by atoms with Crippen molar-refractivity contribution in [2.75, 3.05) is 12.4 Å². The van der Waals surface area contributed by atoms with E-state index in [1.165, 1.54) is 0 Å². The smallest absolute Gasteiger partial charge is 0.322 e. The van der Waals surface area contributed by atoms with Gasteiger partial charge < -0.3 is 19.4 Å². The van der Waals surface area contributed by atoms with Crippen LogP contribution in [0.5, 0.6) is 5.75 Å². The summed E-state index contributed by atoms with van der Waals surface area (Å²) in [6.45, 7) is 4.29. The molecule has 0 fully saturated rings. The van der Waals surface area contributed by atoms with E-state index in [-0.39, 0.29) is 18.1 Å². The SMILES string of the molecule is CCn1c(C(C)N(Cc2ccco2)C(=O)Nc2ccc(OC)cc2)nc2cc(Cl)ccc2c1=O. The number of benzene rings is 2. The van der Waals surface area contributed by atoms with Crippen molar-refractivity contribution in [2.24, 2.45) is 0 Å². The third-order valence-corrected chi connectivity index (χ3v) is 5.85. The fourth-order valence-corrected chi connectivity index (χ4v) is 3.97. The molecule has 4 rings (SSSR count). The molecular formula is C25H25ClN4O4. The second-order valence-electron chi connectivity index (χ2n) is 7.72. The number of rotatable bonds is 7. The number of carbonyl (C=O) groups excluding carboxylic acids is 1. The fraction of sp³-hybridized carbons (Fsp3) is 0.240. The monoisotopic (exact) mass is 480 g/mol. The van der Waals surface area contributed by atoms with E-state index in [1.807, 2.05) is 13.8 Å². The van der Waals surface area contributed by atoms with Crippen LogP contribution in [0.1, 0.15) is 31.5 Å². The Bertz CT molecular complexity index is 1350. The van der Waals surface area contributed by atoms with Gasteiger partial charge in [-0.3, -0.25) is 9.36 Å². The summed E-state index contributed by atoms with van der Waals surface area (Å²) in [6.07, 6.45) is 1.55. The largest absolute Gasteiger partial charge is 0.497 e. The molecule has 2 aromatic heterocycles. The van der Waals surface area contributed by atoms with E-state index in [2.05, 4.69) is 5.32 Å². The number of anilines is 1. The summed E-state index contributed by atoms with van der Waals surface area (Å²) >= 11 is 6.15. The maximum Gasteiger partial charge on any atom is 0.322 e. The molecule has 2 aromatic carbocycles. The van der Waals surface area contributed by atoms with Crippen LogP contribution in [0.4, 0.5) is 10.5 Å². The van der Waals surface area contributed by atoms with Crippen LogP contribution >= 0.6 is 11.6 Å². The Hall–Kier alpha value is -3.78. The van der Waals surface area contributed by atoms with Gasteiger partial charge in [0.25, 0.3) is 5.56 Å². The number of hydrogen-bond acceptors (Lipinski definition) is 5. The normalized spacial score (nSPS) is 11.9. The Labute approximate surface area is 201 Å². The third-order valence-electron chi connectivity index (χ3n) is 5.61. The third kappa shape index (κ3) is 4.77. The van der Waals surface area contributed by atoms with Gasteiger partial charge in [0.15, 0.2) is 0 Å². The van der Waals surface area contributed by atoms with Gasteiger partial charge in [0.1, 0.15) is 17.3 Å². The number of nitrogens with zero attached hydrogens (tertiary/aromatic N) is 3. The molecule has 0 aliphatic heterocycles. The van der Waals surface area contributed by atoms with Crippen LogP contribution in [-0.4, -0.2) is 27.6 Å². The molecule has 1 N–H and O–H groups in total. The number of amides is 2. The quantitative estimate of drug-likeness (QED) is 0.379. The van der Waals surface area contributed by atoms with E-state index in [1.54, 1.807) is 77.4 Å². The molecule has 0 saturated carbocycles. The summed E-state index contributed by atoms with van der Waals surface area (Å²) in [6, 6.07) is 14.7. The van der Waals surface area contributed by atoms with Crippen LogP contribution in [0.15, 0.2) is 70.1 Å². The fourth-order valence-electron chi connectivity index (χ4n) is 3.80. The van der Waals surface area contributed by atoms with Gasteiger partial charge in [0.05, 0.1) is 36.9 Å². The number of carbonyl (C=O) groups is 1. The summed E-state index contributed by atoms with van der Waals surface area (Å²) in [5.74, 6) is 1.74. The van der Waals surface area contributed by atoms with Crippen molar-refractivity contribution < 1.29 is 13.9 Å². The predicted octanol–water partition coefficient (Wildman–Crippen LogP) is 5.47. The van der Waals surface area contributed by atoms with Crippen molar-refractivity contribution in [3.05, 3.63) is 87.8 Å². The van der Waals surface area contributed by atoms with E-state index in [4.69, 9.17) is 25.7 Å². The van der Waals surface area contributed by atoms with Crippen molar-refractivity contribution in [3.63, 3.8) is 0 Å². The Kier molecular flexibility index (Phi) is 6.88. The van der Waals surface area contributed by atoms with Gasteiger partial charge in [0.2, 0.25) is 0 Å². The zero-order valence-electron chi connectivity index (χ0n) is 19.1. The van der Waals surface area contributed by atoms with Crippen molar-refractivity contribution in [3.8, 4) is 5.75 Å². The first-order valence-corrected chi connectivity index (χ1v) is 11.2. The van der Waals surface area contributed by atoms with Gasteiger partial charge in [-0.15, -0.1) is 0 Å². The highest BCUT2D eigenvalue weighted by Crippen LogP contribution is 2.25. The predicted molar refractivity (Wildman–Crippen MR) is 131 cm³/mol. The number of ether oxygens (including phenoxy) is 1. The molecule has 1 atom stereocenters. The number of nitrogens with one attached hydrogen (secondary N) is 1. The van der Waals surface area contributed by atoms with Gasteiger partial charge >= 0.3 is 6.03 Å². The zero-order valence-corrected chi connectivity index (χ0v) is 19.9. The average molecular weight is 481 g/mol. The van der Waals surface area contributed by atoms with Crippen LogP contribution in [0, 0.1) is 0 Å². The number of furan rings is 1. The first-order valence-electron chi connectivity index (χ1n) is 10.8. The Morgan fingerprint density at radius 1 is 1.24 bits per heavy atom. The number of fused-ring (bicyclic) bond motifs is 1. The van der Waals surface area contributed by atoms with Crippen LogP contribution in [-0.2, 0) is 13.1 Å². The molecule has 2 amide bonds. The molecular weight excluding hydrogens is 456 g/mol. The number of urea groups is 1. The summed E-state index contributed by atoms with van der Waals surface area (Å²) in [5.41, 5.74) is 0.908. The summed E-state index contributed by atoms with van der Waals surface area (Å²) in [4.78, 5) is 32.9. The van der Waals surface area contributed by atoms with E-state index in [0.29, 0.717) is 45.5 Å². The van der Waals surface area contributed by atoms with Crippen molar-refractivity contribution in [1.29, 1.82) is 0 Å². The van der Waals surface area contributed by atoms with Crippen LogP contribution in [0.25, 0.3) is 10.9 Å². The number of hydrogen-bond donors (Lipinski definition) is 1. The second-order valence-corrected chi connectivity index (χ2v) is 8.16. The first kappa shape index (κ1) is 23.4. The molecule has 0 aliphatic rings.